The molecule has 0 aliphatic carbocycles. The summed E-state index contributed by atoms with van der Waals surface area (Å²) in [6.07, 6.45) is 0.108. The lowest BCUT2D eigenvalue weighted by Gasteiger charge is -2.22. The first-order valence-electron chi connectivity index (χ1n) is 10.4. The number of ether oxygens (including phenoxy) is 1. The number of nitrogens with zero attached hydrogens (tertiary/aromatic N) is 3. The summed E-state index contributed by atoms with van der Waals surface area (Å²) in [5.41, 5.74) is 0.473. The van der Waals surface area contributed by atoms with Crippen molar-refractivity contribution >= 4 is 23.6 Å². The van der Waals surface area contributed by atoms with Gasteiger partial charge in [-0.3, -0.25) is 4.79 Å². The van der Waals surface area contributed by atoms with Gasteiger partial charge in [-0.25, -0.2) is 14.5 Å². The molecule has 0 aromatic carbocycles. The van der Waals surface area contributed by atoms with Crippen LogP contribution in [0, 0.1) is 6.92 Å². The molecule has 0 radical (unpaired) electrons. The minimum absolute atomic E-state index is 0.196. The van der Waals surface area contributed by atoms with E-state index in [1.807, 2.05) is 17.7 Å². The molecule has 2 heterocycles. The standard InChI is InChI=1S/C22H34N6O3/c1-15-14-18(28(27-15)21(2,3)4)26-17-11-8-10-16(25-17)19(29)23-12-9-13-24-20(30)31-22(5,6)7/h8,10-11,14H,9,12-13H2,1-7H3,(H,23,29)(H,24,30)(H,25,26). The summed E-state index contributed by atoms with van der Waals surface area (Å²) in [4.78, 5) is 28.5. The van der Waals surface area contributed by atoms with Crippen molar-refractivity contribution in [3.63, 3.8) is 0 Å². The second kappa shape index (κ2) is 9.80. The number of rotatable bonds is 7. The van der Waals surface area contributed by atoms with Crippen molar-refractivity contribution in [3.05, 3.63) is 35.7 Å². The first kappa shape index (κ1) is 24.2. The van der Waals surface area contributed by atoms with Crippen LogP contribution in [-0.2, 0) is 10.3 Å². The van der Waals surface area contributed by atoms with E-state index in [0.29, 0.717) is 31.0 Å². The van der Waals surface area contributed by atoms with Crippen molar-refractivity contribution in [2.75, 3.05) is 18.4 Å². The van der Waals surface area contributed by atoms with Gasteiger partial charge in [0.05, 0.1) is 11.2 Å². The smallest absolute Gasteiger partial charge is 0.407 e. The Hall–Kier alpha value is -3.10. The number of anilines is 2. The highest BCUT2D eigenvalue weighted by atomic mass is 16.6. The van der Waals surface area contributed by atoms with Gasteiger partial charge in [-0.15, -0.1) is 0 Å². The van der Waals surface area contributed by atoms with E-state index in [2.05, 4.69) is 46.8 Å². The molecule has 2 rings (SSSR count). The third kappa shape index (κ3) is 7.92. The molecule has 0 aliphatic rings. The van der Waals surface area contributed by atoms with Crippen LogP contribution in [0.4, 0.5) is 16.4 Å². The number of amides is 2. The minimum atomic E-state index is -0.535. The Morgan fingerprint density at radius 2 is 1.74 bits per heavy atom. The predicted molar refractivity (Wildman–Crippen MR) is 121 cm³/mol. The van der Waals surface area contributed by atoms with Gasteiger partial charge in [0.1, 0.15) is 22.9 Å². The van der Waals surface area contributed by atoms with Crippen molar-refractivity contribution in [3.8, 4) is 0 Å². The molecular weight excluding hydrogens is 396 g/mol. The SMILES string of the molecule is Cc1cc(Nc2cccc(C(=O)NCCCNC(=O)OC(C)(C)C)n2)n(C(C)(C)C)n1. The van der Waals surface area contributed by atoms with E-state index in [4.69, 9.17) is 4.74 Å². The summed E-state index contributed by atoms with van der Waals surface area (Å²) in [6.45, 7) is 14.4. The molecule has 0 fully saturated rings. The molecule has 0 saturated heterocycles. The summed E-state index contributed by atoms with van der Waals surface area (Å²) in [6, 6.07) is 7.18. The molecular formula is C22H34N6O3. The average molecular weight is 431 g/mol. The molecule has 170 valence electrons. The quantitative estimate of drug-likeness (QED) is 0.577. The normalized spacial score (nSPS) is 11.7. The van der Waals surface area contributed by atoms with Crippen LogP contribution in [-0.4, -0.2) is 45.5 Å². The fraction of sp³-hybridized carbons (Fsp3) is 0.545. The molecule has 3 N–H and O–H groups in total. The van der Waals surface area contributed by atoms with Crippen LogP contribution in [0.1, 0.15) is 64.1 Å². The fourth-order valence-electron chi connectivity index (χ4n) is 2.75. The number of carbonyl (C=O) groups excluding carboxylic acids is 2. The summed E-state index contributed by atoms with van der Waals surface area (Å²) < 4.78 is 7.06. The molecule has 0 atom stereocenters. The second-order valence-electron chi connectivity index (χ2n) is 9.32. The van der Waals surface area contributed by atoms with Crippen LogP contribution in [0.25, 0.3) is 0 Å². The number of aromatic nitrogens is 3. The molecule has 0 unspecified atom stereocenters. The van der Waals surface area contributed by atoms with Gasteiger partial charge in [-0.05, 0) is 67.0 Å². The number of hydrogen-bond donors (Lipinski definition) is 3. The van der Waals surface area contributed by atoms with Crippen molar-refractivity contribution in [2.45, 2.75) is 66.0 Å². The lowest BCUT2D eigenvalue weighted by atomic mass is 10.1. The van der Waals surface area contributed by atoms with E-state index >= 15 is 0 Å². The third-order valence-corrected chi connectivity index (χ3v) is 4.01. The van der Waals surface area contributed by atoms with Crippen molar-refractivity contribution in [1.82, 2.24) is 25.4 Å². The van der Waals surface area contributed by atoms with E-state index in [-0.39, 0.29) is 11.4 Å². The zero-order valence-electron chi connectivity index (χ0n) is 19.5. The van der Waals surface area contributed by atoms with Crippen LogP contribution in [0.2, 0.25) is 0 Å². The van der Waals surface area contributed by atoms with E-state index in [1.165, 1.54) is 0 Å². The topological polar surface area (TPSA) is 110 Å². The summed E-state index contributed by atoms with van der Waals surface area (Å²) >= 11 is 0. The monoisotopic (exact) mass is 430 g/mol. The number of aryl methyl sites for hydroxylation is 1. The van der Waals surface area contributed by atoms with E-state index < -0.39 is 11.7 Å². The molecule has 2 aromatic heterocycles. The van der Waals surface area contributed by atoms with Gasteiger partial charge in [0.15, 0.2) is 0 Å². The van der Waals surface area contributed by atoms with Crippen LogP contribution >= 0.6 is 0 Å². The van der Waals surface area contributed by atoms with Gasteiger partial charge in [0.2, 0.25) is 0 Å². The van der Waals surface area contributed by atoms with Gasteiger partial charge in [0, 0.05) is 19.2 Å². The van der Waals surface area contributed by atoms with Crippen molar-refractivity contribution in [2.24, 2.45) is 0 Å². The van der Waals surface area contributed by atoms with Crippen LogP contribution in [0.5, 0.6) is 0 Å². The highest BCUT2D eigenvalue weighted by Gasteiger charge is 2.19. The molecule has 9 nitrogen and oxygen atoms in total. The molecule has 0 saturated carbocycles. The number of carbonyl (C=O) groups is 2. The Labute approximate surface area is 184 Å². The molecule has 0 bridgehead atoms. The molecule has 2 amide bonds. The zero-order valence-corrected chi connectivity index (χ0v) is 19.5. The minimum Gasteiger partial charge on any atom is -0.444 e. The van der Waals surface area contributed by atoms with Gasteiger partial charge in [0.25, 0.3) is 5.91 Å². The van der Waals surface area contributed by atoms with E-state index in [9.17, 15) is 9.59 Å². The lowest BCUT2D eigenvalue weighted by Crippen LogP contribution is -2.34. The largest absolute Gasteiger partial charge is 0.444 e. The molecule has 9 heteroatoms. The van der Waals surface area contributed by atoms with E-state index in [0.717, 1.165) is 11.5 Å². The Balaban J connectivity index is 1.88. The number of pyridine rings is 1. The zero-order chi connectivity index (χ0) is 23.2. The third-order valence-electron chi connectivity index (χ3n) is 4.01. The Morgan fingerprint density at radius 1 is 1.06 bits per heavy atom. The second-order valence-corrected chi connectivity index (χ2v) is 9.32. The summed E-state index contributed by atoms with van der Waals surface area (Å²) in [7, 11) is 0. The van der Waals surface area contributed by atoms with Gasteiger partial charge >= 0.3 is 6.09 Å². The average Bonchev–Trinajstić information content (AvgIpc) is 3.00. The number of nitrogens with one attached hydrogen (secondary N) is 3. The van der Waals surface area contributed by atoms with Gasteiger partial charge in [-0.1, -0.05) is 6.07 Å². The van der Waals surface area contributed by atoms with Crippen molar-refractivity contribution < 1.29 is 14.3 Å². The fourth-order valence-corrected chi connectivity index (χ4v) is 2.75. The molecule has 0 spiro atoms. The number of alkyl carbamates (subject to hydrolysis) is 1. The van der Waals surface area contributed by atoms with E-state index in [1.54, 1.807) is 39.0 Å². The lowest BCUT2D eigenvalue weighted by molar-refractivity contribution is 0.0527. The number of hydrogen-bond acceptors (Lipinski definition) is 6. The van der Waals surface area contributed by atoms with Crippen LogP contribution in [0.15, 0.2) is 24.3 Å². The first-order valence-corrected chi connectivity index (χ1v) is 10.4. The molecule has 2 aromatic rings. The van der Waals surface area contributed by atoms with Gasteiger partial charge in [-0.2, -0.15) is 5.10 Å². The first-order chi connectivity index (χ1) is 14.3. The van der Waals surface area contributed by atoms with Crippen LogP contribution < -0.4 is 16.0 Å². The molecule has 0 aliphatic heterocycles. The Morgan fingerprint density at radius 3 is 2.39 bits per heavy atom. The highest BCUT2D eigenvalue weighted by molar-refractivity contribution is 5.92. The Kier molecular flexibility index (Phi) is 7.65. The highest BCUT2D eigenvalue weighted by Crippen LogP contribution is 2.23. The van der Waals surface area contributed by atoms with Crippen LogP contribution in [0.3, 0.4) is 0 Å². The maximum absolute atomic E-state index is 12.4. The van der Waals surface area contributed by atoms with Gasteiger partial charge < -0.3 is 20.7 Å². The maximum atomic E-state index is 12.4. The van der Waals surface area contributed by atoms with Crippen molar-refractivity contribution in [1.29, 1.82) is 0 Å². The summed E-state index contributed by atoms with van der Waals surface area (Å²) in [5.74, 6) is 1.09. The maximum Gasteiger partial charge on any atom is 0.407 e. The predicted octanol–water partition coefficient (Wildman–Crippen LogP) is 3.73. The Bertz CT molecular complexity index is 909. The molecule has 31 heavy (non-hydrogen) atoms. The summed E-state index contributed by atoms with van der Waals surface area (Å²) in [5, 5.41) is 13.3.